The van der Waals surface area contributed by atoms with Gasteiger partial charge in [-0.1, -0.05) is 13.3 Å². The Hall–Kier alpha value is -0.750. The Morgan fingerprint density at radius 3 is 2.60 bits per heavy atom. The van der Waals surface area contributed by atoms with Crippen LogP contribution in [0, 0.1) is 11.8 Å². The lowest BCUT2D eigenvalue weighted by molar-refractivity contribution is -0.157. The van der Waals surface area contributed by atoms with Crippen molar-refractivity contribution >= 4 is 23.7 Å². The highest BCUT2D eigenvalue weighted by atomic mass is 32.2. The minimum Gasteiger partial charge on any atom is -0.481 e. The van der Waals surface area contributed by atoms with Gasteiger partial charge >= 0.3 is 11.9 Å². The van der Waals surface area contributed by atoms with Crippen molar-refractivity contribution in [2.45, 2.75) is 44.8 Å². The average molecular weight is 302 g/mol. The molecule has 4 atom stereocenters. The fourth-order valence-corrected chi connectivity index (χ4v) is 3.84. The standard InChI is InChI=1S/C14H22O5S/c1-2-3-7-20-8-6-18-14(17)12-10-5-4-9(19-10)11(12)13(15)16/h9-12H,2-8H2,1H3,(H,15,16)/t9-,10-,11-,12+/m0/s1. The van der Waals surface area contributed by atoms with E-state index in [-0.39, 0.29) is 12.2 Å². The molecule has 20 heavy (non-hydrogen) atoms. The first-order valence-electron chi connectivity index (χ1n) is 7.27. The fourth-order valence-electron chi connectivity index (χ4n) is 2.94. The second kappa shape index (κ2) is 7.31. The van der Waals surface area contributed by atoms with E-state index < -0.39 is 23.8 Å². The summed E-state index contributed by atoms with van der Waals surface area (Å²) in [4.78, 5) is 23.3. The number of carbonyl (C=O) groups is 2. The number of fused-ring (bicyclic) bond motifs is 2. The second-order valence-corrected chi connectivity index (χ2v) is 6.54. The number of thioether (sulfide) groups is 1. The van der Waals surface area contributed by atoms with Gasteiger partial charge in [0.25, 0.3) is 0 Å². The van der Waals surface area contributed by atoms with E-state index in [0.717, 1.165) is 30.8 Å². The van der Waals surface area contributed by atoms with Crippen LogP contribution in [0.1, 0.15) is 32.6 Å². The topological polar surface area (TPSA) is 72.8 Å². The van der Waals surface area contributed by atoms with Crippen LogP contribution in [0.4, 0.5) is 0 Å². The maximum absolute atomic E-state index is 12.1. The zero-order valence-corrected chi connectivity index (χ0v) is 12.6. The maximum atomic E-state index is 12.1. The molecule has 0 aliphatic carbocycles. The number of carbonyl (C=O) groups excluding carboxylic acids is 1. The Kier molecular flexibility index (Phi) is 5.72. The van der Waals surface area contributed by atoms with Gasteiger partial charge in [-0.25, -0.2) is 0 Å². The van der Waals surface area contributed by atoms with Gasteiger partial charge in [-0.3, -0.25) is 9.59 Å². The number of ether oxygens (including phenoxy) is 2. The third-order valence-corrected chi connectivity index (χ3v) is 4.98. The highest BCUT2D eigenvalue weighted by molar-refractivity contribution is 7.99. The van der Waals surface area contributed by atoms with Crippen molar-refractivity contribution in [2.24, 2.45) is 11.8 Å². The quantitative estimate of drug-likeness (QED) is 0.546. The minimum absolute atomic E-state index is 0.263. The summed E-state index contributed by atoms with van der Waals surface area (Å²) in [7, 11) is 0. The summed E-state index contributed by atoms with van der Waals surface area (Å²) in [5.74, 6) is -0.855. The summed E-state index contributed by atoms with van der Waals surface area (Å²) in [6, 6.07) is 0. The van der Waals surface area contributed by atoms with Crippen LogP contribution in [0.2, 0.25) is 0 Å². The molecule has 0 amide bonds. The summed E-state index contributed by atoms with van der Waals surface area (Å²) >= 11 is 1.76. The molecule has 2 saturated heterocycles. The molecule has 0 aromatic heterocycles. The average Bonchev–Trinajstić information content (AvgIpc) is 3.02. The molecule has 0 unspecified atom stereocenters. The Labute approximate surface area is 123 Å². The van der Waals surface area contributed by atoms with Crippen LogP contribution in [0.3, 0.4) is 0 Å². The molecule has 2 rings (SSSR count). The van der Waals surface area contributed by atoms with Crippen LogP contribution < -0.4 is 0 Å². The first kappa shape index (κ1) is 15.6. The van der Waals surface area contributed by atoms with Gasteiger partial charge in [0.1, 0.15) is 6.61 Å². The number of unbranched alkanes of at least 4 members (excludes halogenated alkanes) is 1. The van der Waals surface area contributed by atoms with Crippen LogP contribution in [0.25, 0.3) is 0 Å². The van der Waals surface area contributed by atoms with E-state index in [0.29, 0.717) is 6.61 Å². The van der Waals surface area contributed by atoms with Crippen LogP contribution in [-0.2, 0) is 19.1 Å². The zero-order chi connectivity index (χ0) is 14.5. The summed E-state index contributed by atoms with van der Waals surface area (Å²) in [5.41, 5.74) is 0. The molecular weight excluding hydrogens is 280 g/mol. The smallest absolute Gasteiger partial charge is 0.312 e. The van der Waals surface area contributed by atoms with Crippen LogP contribution in [-0.4, -0.2) is 47.4 Å². The van der Waals surface area contributed by atoms with Crippen molar-refractivity contribution in [3.8, 4) is 0 Å². The van der Waals surface area contributed by atoms with Gasteiger partial charge < -0.3 is 14.6 Å². The van der Waals surface area contributed by atoms with Crippen LogP contribution >= 0.6 is 11.8 Å². The van der Waals surface area contributed by atoms with Gasteiger partial charge in [-0.15, -0.1) is 0 Å². The summed E-state index contributed by atoms with van der Waals surface area (Å²) < 4.78 is 10.8. The summed E-state index contributed by atoms with van der Waals surface area (Å²) in [6.45, 7) is 2.50. The lowest BCUT2D eigenvalue weighted by Gasteiger charge is -2.23. The van der Waals surface area contributed by atoms with Crippen molar-refractivity contribution in [2.75, 3.05) is 18.1 Å². The molecule has 2 fully saturated rings. The van der Waals surface area contributed by atoms with E-state index in [2.05, 4.69) is 6.92 Å². The lowest BCUT2D eigenvalue weighted by atomic mass is 9.79. The van der Waals surface area contributed by atoms with Gasteiger partial charge in [0.2, 0.25) is 0 Å². The van der Waals surface area contributed by atoms with Gasteiger partial charge in [-0.2, -0.15) is 11.8 Å². The van der Waals surface area contributed by atoms with Crippen molar-refractivity contribution in [3.05, 3.63) is 0 Å². The Morgan fingerprint density at radius 1 is 1.25 bits per heavy atom. The Morgan fingerprint density at radius 2 is 1.95 bits per heavy atom. The van der Waals surface area contributed by atoms with Crippen molar-refractivity contribution in [1.82, 2.24) is 0 Å². The molecule has 0 saturated carbocycles. The Balaban J connectivity index is 1.75. The monoisotopic (exact) mass is 302 g/mol. The van der Waals surface area contributed by atoms with E-state index in [1.54, 1.807) is 11.8 Å². The molecule has 2 bridgehead atoms. The highest BCUT2D eigenvalue weighted by Gasteiger charge is 2.56. The molecule has 2 aliphatic heterocycles. The third kappa shape index (κ3) is 3.47. The molecule has 114 valence electrons. The molecule has 2 heterocycles. The van der Waals surface area contributed by atoms with E-state index in [1.807, 2.05) is 0 Å². The summed E-state index contributed by atoms with van der Waals surface area (Å²) in [6.07, 6.45) is 3.25. The minimum atomic E-state index is -0.948. The van der Waals surface area contributed by atoms with E-state index in [9.17, 15) is 14.7 Å². The largest absolute Gasteiger partial charge is 0.481 e. The van der Waals surface area contributed by atoms with Crippen LogP contribution in [0.5, 0.6) is 0 Å². The van der Waals surface area contributed by atoms with E-state index in [4.69, 9.17) is 9.47 Å². The van der Waals surface area contributed by atoms with E-state index in [1.165, 1.54) is 6.42 Å². The molecule has 0 spiro atoms. The molecule has 0 aromatic carbocycles. The van der Waals surface area contributed by atoms with Gasteiger partial charge in [0.15, 0.2) is 0 Å². The van der Waals surface area contributed by atoms with Crippen molar-refractivity contribution < 1.29 is 24.2 Å². The molecule has 2 aliphatic rings. The number of rotatable bonds is 8. The molecule has 5 nitrogen and oxygen atoms in total. The first-order chi connectivity index (χ1) is 9.65. The van der Waals surface area contributed by atoms with Crippen LogP contribution in [0.15, 0.2) is 0 Å². The van der Waals surface area contributed by atoms with Gasteiger partial charge in [0, 0.05) is 5.75 Å². The zero-order valence-electron chi connectivity index (χ0n) is 11.7. The number of hydrogen-bond acceptors (Lipinski definition) is 5. The fraction of sp³-hybridized carbons (Fsp3) is 0.857. The first-order valence-corrected chi connectivity index (χ1v) is 8.43. The molecule has 0 aromatic rings. The summed E-state index contributed by atoms with van der Waals surface area (Å²) in [5, 5.41) is 9.23. The van der Waals surface area contributed by atoms with E-state index >= 15 is 0 Å². The highest BCUT2D eigenvalue weighted by Crippen LogP contribution is 2.44. The molecule has 1 N–H and O–H groups in total. The normalized spacial score (nSPS) is 31.4. The number of carboxylic acid groups (broad SMARTS) is 1. The van der Waals surface area contributed by atoms with Crippen molar-refractivity contribution in [3.63, 3.8) is 0 Å². The SMILES string of the molecule is CCCCSCCOC(=O)[C@H]1[C@@H](C(=O)O)[C@@H]2CC[C@@H]1O2. The van der Waals surface area contributed by atoms with Crippen molar-refractivity contribution in [1.29, 1.82) is 0 Å². The Bertz CT molecular complexity index is 359. The number of aliphatic carboxylic acids is 1. The maximum Gasteiger partial charge on any atom is 0.312 e. The second-order valence-electron chi connectivity index (χ2n) is 5.31. The lowest BCUT2D eigenvalue weighted by Crippen LogP contribution is -2.39. The third-order valence-electron chi connectivity index (χ3n) is 3.94. The molecule has 0 radical (unpaired) electrons. The number of hydrogen-bond donors (Lipinski definition) is 1. The number of carboxylic acids is 1. The number of esters is 1. The predicted molar refractivity (Wildman–Crippen MR) is 75.7 cm³/mol. The van der Waals surface area contributed by atoms with Gasteiger partial charge in [-0.05, 0) is 25.0 Å². The van der Waals surface area contributed by atoms with Gasteiger partial charge in [0.05, 0.1) is 24.0 Å². The molecular formula is C14H22O5S. The molecule has 6 heteroatoms. The predicted octanol–water partition coefficient (Wildman–Crippen LogP) is 1.94.